The van der Waals surface area contributed by atoms with E-state index >= 15 is 0 Å². The average molecular weight is 241 g/mol. The van der Waals surface area contributed by atoms with Gasteiger partial charge >= 0.3 is 0 Å². The summed E-state index contributed by atoms with van der Waals surface area (Å²) in [5, 5.41) is 2.47. The second kappa shape index (κ2) is 3.77. The van der Waals surface area contributed by atoms with Crippen LogP contribution in [0, 0.1) is 5.82 Å². The number of halogens is 1. The highest BCUT2D eigenvalue weighted by Crippen LogP contribution is 2.29. The number of amides is 1. The maximum Gasteiger partial charge on any atom is 0.296 e. The second-order valence-electron chi connectivity index (χ2n) is 4.05. The number of benzene rings is 2. The van der Waals surface area contributed by atoms with Crippen molar-refractivity contribution in [3.8, 4) is 11.1 Å². The van der Waals surface area contributed by atoms with E-state index in [2.05, 4.69) is 5.32 Å². The number of carbonyl (C=O) groups excluding carboxylic acids is 2. The van der Waals surface area contributed by atoms with Gasteiger partial charge in [-0.2, -0.15) is 0 Å². The Morgan fingerprint density at radius 1 is 0.944 bits per heavy atom. The van der Waals surface area contributed by atoms with E-state index in [1.54, 1.807) is 30.3 Å². The highest BCUT2D eigenvalue weighted by Gasteiger charge is 2.27. The SMILES string of the molecule is O=C1Nc2ccc(-c3cccc(F)c3)cc2C1=O. The molecule has 2 aromatic carbocycles. The average Bonchev–Trinajstić information content (AvgIpc) is 2.65. The van der Waals surface area contributed by atoms with Gasteiger partial charge in [0, 0.05) is 0 Å². The number of fused-ring (bicyclic) bond motifs is 1. The number of carbonyl (C=O) groups is 2. The third-order valence-electron chi connectivity index (χ3n) is 2.88. The minimum absolute atomic E-state index is 0.335. The van der Waals surface area contributed by atoms with Crippen molar-refractivity contribution in [1.82, 2.24) is 0 Å². The van der Waals surface area contributed by atoms with Crippen molar-refractivity contribution in [2.75, 3.05) is 5.32 Å². The van der Waals surface area contributed by atoms with Crippen LogP contribution in [0.5, 0.6) is 0 Å². The molecule has 1 aliphatic rings. The summed E-state index contributed by atoms with van der Waals surface area (Å²) >= 11 is 0. The van der Waals surface area contributed by atoms with Gasteiger partial charge in [-0.1, -0.05) is 18.2 Å². The summed E-state index contributed by atoms with van der Waals surface area (Å²) < 4.78 is 13.1. The first kappa shape index (κ1) is 10.7. The lowest BCUT2D eigenvalue weighted by Crippen LogP contribution is -2.12. The number of anilines is 1. The molecule has 3 rings (SSSR count). The number of hydrogen-bond donors (Lipinski definition) is 1. The molecule has 0 fully saturated rings. The Kier molecular flexibility index (Phi) is 2.23. The molecule has 18 heavy (non-hydrogen) atoms. The standard InChI is InChI=1S/C14H8FNO2/c15-10-3-1-2-8(6-10)9-4-5-12-11(7-9)13(17)14(18)16-12/h1-7H,(H,16,17,18). The smallest absolute Gasteiger partial charge is 0.296 e. The Labute approximate surface area is 102 Å². The van der Waals surface area contributed by atoms with E-state index in [0.717, 1.165) is 0 Å². The van der Waals surface area contributed by atoms with Gasteiger partial charge in [-0.3, -0.25) is 9.59 Å². The van der Waals surface area contributed by atoms with Crippen LogP contribution >= 0.6 is 0 Å². The first-order chi connectivity index (χ1) is 8.65. The second-order valence-corrected chi connectivity index (χ2v) is 4.05. The molecule has 0 spiro atoms. The zero-order valence-electron chi connectivity index (χ0n) is 9.24. The summed E-state index contributed by atoms with van der Waals surface area (Å²) in [6.45, 7) is 0. The van der Waals surface area contributed by atoms with Gasteiger partial charge in [0.1, 0.15) is 5.82 Å². The topological polar surface area (TPSA) is 46.2 Å². The number of hydrogen-bond acceptors (Lipinski definition) is 2. The van der Waals surface area contributed by atoms with Crippen LogP contribution in [0.25, 0.3) is 11.1 Å². The molecule has 4 heteroatoms. The van der Waals surface area contributed by atoms with Gasteiger partial charge in [-0.15, -0.1) is 0 Å². The molecule has 2 aromatic rings. The summed E-state index contributed by atoms with van der Waals surface area (Å²) in [6, 6.07) is 11.1. The maximum atomic E-state index is 13.1. The maximum absolute atomic E-state index is 13.1. The first-order valence-corrected chi connectivity index (χ1v) is 5.41. The zero-order chi connectivity index (χ0) is 12.7. The Morgan fingerprint density at radius 2 is 1.72 bits per heavy atom. The van der Waals surface area contributed by atoms with E-state index in [1.807, 2.05) is 0 Å². The lowest BCUT2D eigenvalue weighted by Gasteiger charge is -2.04. The van der Waals surface area contributed by atoms with Gasteiger partial charge < -0.3 is 5.32 Å². The van der Waals surface area contributed by atoms with E-state index in [1.165, 1.54) is 12.1 Å². The molecule has 1 amide bonds. The van der Waals surface area contributed by atoms with E-state index in [9.17, 15) is 14.0 Å². The van der Waals surface area contributed by atoms with Crippen molar-refractivity contribution in [3.05, 3.63) is 53.8 Å². The molecule has 0 radical (unpaired) electrons. The highest BCUT2D eigenvalue weighted by molar-refractivity contribution is 6.51. The Balaban J connectivity index is 2.12. The molecule has 1 aliphatic heterocycles. The molecular weight excluding hydrogens is 233 g/mol. The summed E-state index contributed by atoms with van der Waals surface area (Å²) in [4.78, 5) is 22.8. The molecule has 0 saturated heterocycles. The van der Waals surface area contributed by atoms with Crippen molar-refractivity contribution < 1.29 is 14.0 Å². The summed E-state index contributed by atoms with van der Waals surface area (Å²) in [6.07, 6.45) is 0. The highest BCUT2D eigenvalue weighted by atomic mass is 19.1. The molecular formula is C14H8FNO2. The van der Waals surface area contributed by atoms with Crippen LogP contribution in [0.2, 0.25) is 0 Å². The van der Waals surface area contributed by atoms with Gasteiger partial charge in [0.05, 0.1) is 11.3 Å². The van der Waals surface area contributed by atoms with Gasteiger partial charge in [0.2, 0.25) is 0 Å². The van der Waals surface area contributed by atoms with Crippen molar-refractivity contribution in [3.63, 3.8) is 0 Å². The molecule has 88 valence electrons. The number of Topliss-reactive ketones (excluding diaryl/α,β-unsaturated/α-hetero) is 1. The molecule has 1 heterocycles. The number of rotatable bonds is 1. The summed E-state index contributed by atoms with van der Waals surface area (Å²) in [7, 11) is 0. The van der Waals surface area contributed by atoms with E-state index < -0.39 is 11.7 Å². The summed E-state index contributed by atoms with van der Waals surface area (Å²) in [5.41, 5.74) is 2.22. The molecule has 0 atom stereocenters. The fourth-order valence-corrected chi connectivity index (χ4v) is 1.99. The Morgan fingerprint density at radius 3 is 2.50 bits per heavy atom. The van der Waals surface area contributed by atoms with Crippen LogP contribution in [0.3, 0.4) is 0 Å². The van der Waals surface area contributed by atoms with Crippen molar-refractivity contribution in [2.45, 2.75) is 0 Å². The quantitative estimate of drug-likeness (QED) is 0.780. The summed E-state index contributed by atoms with van der Waals surface area (Å²) in [5.74, 6) is -1.52. The van der Waals surface area contributed by atoms with Crippen LogP contribution in [-0.2, 0) is 4.79 Å². The first-order valence-electron chi connectivity index (χ1n) is 5.41. The third-order valence-corrected chi connectivity index (χ3v) is 2.88. The van der Waals surface area contributed by atoms with Gasteiger partial charge in [-0.05, 0) is 35.4 Å². The molecule has 0 bridgehead atoms. The number of ketones is 1. The van der Waals surface area contributed by atoms with E-state index in [4.69, 9.17) is 0 Å². The predicted molar refractivity (Wildman–Crippen MR) is 64.8 cm³/mol. The van der Waals surface area contributed by atoms with Crippen LogP contribution in [0.1, 0.15) is 10.4 Å². The lowest BCUT2D eigenvalue weighted by molar-refractivity contribution is -0.112. The van der Waals surface area contributed by atoms with Crippen molar-refractivity contribution >= 4 is 17.4 Å². The lowest BCUT2D eigenvalue weighted by atomic mass is 10.0. The predicted octanol–water partition coefficient (Wildman–Crippen LogP) is 2.63. The normalized spacial score (nSPS) is 13.4. The Bertz CT molecular complexity index is 679. The van der Waals surface area contributed by atoms with Crippen LogP contribution in [-0.4, -0.2) is 11.7 Å². The molecule has 0 aliphatic carbocycles. The fourth-order valence-electron chi connectivity index (χ4n) is 1.99. The van der Waals surface area contributed by atoms with Gasteiger partial charge in [0.15, 0.2) is 0 Å². The van der Waals surface area contributed by atoms with Crippen LogP contribution in [0.15, 0.2) is 42.5 Å². The largest absolute Gasteiger partial charge is 0.318 e. The van der Waals surface area contributed by atoms with Crippen LogP contribution in [0.4, 0.5) is 10.1 Å². The van der Waals surface area contributed by atoms with Gasteiger partial charge in [-0.25, -0.2) is 4.39 Å². The van der Waals surface area contributed by atoms with Gasteiger partial charge in [0.25, 0.3) is 11.7 Å². The monoisotopic (exact) mass is 241 g/mol. The minimum atomic E-state index is -0.624. The molecule has 1 N–H and O–H groups in total. The fraction of sp³-hybridized carbons (Fsp3) is 0. The van der Waals surface area contributed by atoms with Crippen LogP contribution < -0.4 is 5.32 Å². The van der Waals surface area contributed by atoms with Crippen molar-refractivity contribution in [2.24, 2.45) is 0 Å². The molecule has 3 nitrogen and oxygen atoms in total. The zero-order valence-corrected chi connectivity index (χ0v) is 9.24. The molecule has 0 aromatic heterocycles. The Hall–Kier alpha value is -2.49. The number of nitrogens with one attached hydrogen (secondary N) is 1. The van der Waals surface area contributed by atoms with E-state index in [0.29, 0.717) is 22.4 Å². The minimum Gasteiger partial charge on any atom is -0.318 e. The molecule has 0 unspecified atom stereocenters. The van der Waals surface area contributed by atoms with E-state index in [-0.39, 0.29) is 5.82 Å². The van der Waals surface area contributed by atoms with Crippen molar-refractivity contribution in [1.29, 1.82) is 0 Å². The molecule has 0 saturated carbocycles. The third kappa shape index (κ3) is 1.59.